The summed E-state index contributed by atoms with van der Waals surface area (Å²) in [5.74, 6) is -0.954. The van der Waals surface area contributed by atoms with Crippen LogP contribution in [-0.2, 0) is 6.54 Å². The van der Waals surface area contributed by atoms with Crippen LogP contribution in [0.4, 0.5) is 20.4 Å². The van der Waals surface area contributed by atoms with Crippen LogP contribution < -0.4 is 20.5 Å². The normalized spacial score (nSPS) is 10.3. The van der Waals surface area contributed by atoms with E-state index >= 15 is 0 Å². The third kappa shape index (κ3) is 3.31. The SMILES string of the molecule is COc1ccc(CNc2nc(N)c(F)cc2F)c(OC)c1. The van der Waals surface area contributed by atoms with E-state index in [0.717, 1.165) is 5.56 Å². The first kappa shape index (κ1) is 14.8. The molecule has 0 aliphatic rings. The fraction of sp³-hybridized carbons (Fsp3) is 0.214. The number of nitrogens with one attached hydrogen (secondary N) is 1. The average Bonchev–Trinajstić information content (AvgIpc) is 2.49. The molecule has 0 unspecified atom stereocenters. The van der Waals surface area contributed by atoms with Gasteiger partial charge in [0.05, 0.1) is 14.2 Å². The first-order chi connectivity index (χ1) is 10.0. The molecular formula is C14H15F2N3O2. The molecule has 0 atom stereocenters. The zero-order valence-corrected chi connectivity index (χ0v) is 11.6. The van der Waals surface area contributed by atoms with Gasteiger partial charge in [-0.25, -0.2) is 13.8 Å². The number of nitrogen functional groups attached to an aromatic ring is 1. The highest BCUT2D eigenvalue weighted by Crippen LogP contribution is 2.25. The van der Waals surface area contributed by atoms with Gasteiger partial charge >= 0.3 is 0 Å². The second kappa shape index (κ2) is 6.25. The lowest BCUT2D eigenvalue weighted by Gasteiger charge is -2.12. The second-order valence-electron chi connectivity index (χ2n) is 4.22. The molecule has 2 rings (SSSR count). The summed E-state index contributed by atoms with van der Waals surface area (Å²) in [5, 5.41) is 2.76. The van der Waals surface area contributed by atoms with E-state index in [1.54, 1.807) is 25.3 Å². The van der Waals surface area contributed by atoms with Crippen molar-refractivity contribution >= 4 is 11.6 Å². The number of hydrogen-bond acceptors (Lipinski definition) is 5. The van der Waals surface area contributed by atoms with Gasteiger partial charge in [-0.15, -0.1) is 0 Å². The molecule has 0 amide bonds. The number of methoxy groups -OCH3 is 2. The Kier molecular flexibility index (Phi) is 4.42. The zero-order valence-electron chi connectivity index (χ0n) is 11.6. The first-order valence-corrected chi connectivity index (χ1v) is 6.11. The van der Waals surface area contributed by atoms with Gasteiger partial charge in [-0.1, -0.05) is 0 Å². The summed E-state index contributed by atoms with van der Waals surface area (Å²) < 4.78 is 36.9. The van der Waals surface area contributed by atoms with Gasteiger partial charge in [0.2, 0.25) is 0 Å². The zero-order chi connectivity index (χ0) is 15.4. The monoisotopic (exact) mass is 295 g/mol. The molecule has 0 spiro atoms. The third-order valence-electron chi connectivity index (χ3n) is 2.90. The number of anilines is 2. The molecule has 0 aliphatic heterocycles. The van der Waals surface area contributed by atoms with Crippen molar-refractivity contribution in [1.29, 1.82) is 0 Å². The van der Waals surface area contributed by atoms with E-state index in [2.05, 4.69) is 10.3 Å². The number of hydrogen-bond donors (Lipinski definition) is 2. The Balaban J connectivity index is 2.18. The van der Waals surface area contributed by atoms with Gasteiger partial charge in [-0.05, 0) is 12.1 Å². The maximum absolute atomic E-state index is 13.6. The van der Waals surface area contributed by atoms with E-state index in [9.17, 15) is 8.78 Å². The van der Waals surface area contributed by atoms with Crippen LogP contribution in [-0.4, -0.2) is 19.2 Å². The quantitative estimate of drug-likeness (QED) is 0.887. The molecule has 21 heavy (non-hydrogen) atoms. The maximum Gasteiger partial charge on any atom is 0.168 e. The minimum Gasteiger partial charge on any atom is -0.497 e. The van der Waals surface area contributed by atoms with Crippen LogP contribution in [0.2, 0.25) is 0 Å². The van der Waals surface area contributed by atoms with Crippen LogP contribution in [0.1, 0.15) is 5.56 Å². The Morgan fingerprint density at radius 2 is 1.90 bits per heavy atom. The minimum absolute atomic E-state index is 0.119. The van der Waals surface area contributed by atoms with Crippen molar-refractivity contribution in [3.05, 3.63) is 41.5 Å². The van der Waals surface area contributed by atoms with Crippen molar-refractivity contribution < 1.29 is 18.3 Å². The molecule has 0 bridgehead atoms. The number of benzene rings is 1. The van der Waals surface area contributed by atoms with Gasteiger partial charge in [-0.2, -0.15) is 0 Å². The molecule has 1 heterocycles. The molecule has 2 aromatic rings. The Morgan fingerprint density at radius 1 is 1.14 bits per heavy atom. The Labute approximate surface area is 120 Å². The maximum atomic E-state index is 13.6. The summed E-state index contributed by atoms with van der Waals surface area (Å²) in [4.78, 5) is 3.63. The summed E-state index contributed by atoms with van der Waals surface area (Å²) in [7, 11) is 3.07. The summed E-state index contributed by atoms with van der Waals surface area (Å²) in [5.41, 5.74) is 6.08. The largest absolute Gasteiger partial charge is 0.497 e. The summed E-state index contributed by atoms with van der Waals surface area (Å²) >= 11 is 0. The van der Waals surface area contributed by atoms with Crippen molar-refractivity contribution in [1.82, 2.24) is 4.98 Å². The molecule has 1 aromatic carbocycles. The van der Waals surface area contributed by atoms with Gasteiger partial charge in [0.15, 0.2) is 23.3 Å². The topological polar surface area (TPSA) is 69.4 Å². The number of aromatic nitrogens is 1. The molecule has 0 fully saturated rings. The van der Waals surface area contributed by atoms with Crippen LogP contribution in [0.3, 0.4) is 0 Å². The summed E-state index contributed by atoms with van der Waals surface area (Å²) in [6, 6.07) is 5.92. The van der Waals surface area contributed by atoms with Crippen LogP contribution in [0.5, 0.6) is 11.5 Å². The van der Waals surface area contributed by atoms with Crippen molar-refractivity contribution in [2.45, 2.75) is 6.54 Å². The summed E-state index contributed by atoms with van der Waals surface area (Å²) in [6.45, 7) is 0.238. The predicted molar refractivity (Wildman–Crippen MR) is 75.4 cm³/mol. The van der Waals surface area contributed by atoms with E-state index in [1.165, 1.54) is 7.11 Å². The fourth-order valence-corrected chi connectivity index (χ4v) is 1.78. The van der Waals surface area contributed by atoms with Crippen LogP contribution in [0.15, 0.2) is 24.3 Å². The molecule has 0 aliphatic carbocycles. The van der Waals surface area contributed by atoms with Gasteiger partial charge in [-0.3, -0.25) is 0 Å². The van der Waals surface area contributed by atoms with Gasteiger partial charge < -0.3 is 20.5 Å². The van der Waals surface area contributed by atoms with Crippen molar-refractivity contribution in [3.63, 3.8) is 0 Å². The van der Waals surface area contributed by atoms with Crippen LogP contribution in [0.25, 0.3) is 0 Å². The number of nitrogens with two attached hydrogens (primary N) is 1. The number of ether oxygens (including phenoxy) is 2. The predicted octanol–water partition coefficient (Wildman–Crippen LogP) is 2.57. The number of pyridine rings is 1. The average molecular weight is 295 g/mol. The molecule has 1 aromatic heterocycles. The lowest BCUT2D eigenvalue weighted by molar-refractivity contribution is 0.391. The molecular weight excluding hydrogens is 280 g/mol. The molecule has 5 nitrogen and oxygen atoms in total. The van der Waals surface area contributed by atoms with Crippen LogP contribution in [0, 0.1) is 11.6 Å². The lowest BCUT2D eigenvalue weighted by atomic mass is 10.2. The number of halogens is 2. The summed E-state index contributed by atoms with van der Waals surface area (Å²) in [6.07, 6.45) is 0. The molecule has 112 valence electrons. The van der Waals surface area contributed by atoms with Crippen molar-refractivity contribution in [2.24, 2.45) is 0 Å². The van der Waals surface area contributed by atoms with Gasteiger partial charge in [0, 0.05) is 24.2 Å². The highest BCUT2D eigenvalue weighted by molar-refractivity contribution is 5.47. The fourth-order valence-electron chi connectivity index (χ4n) is 1.78. The molecule has 3 N–H and O–H groups in total. The molecule has 0 saturated carbocycles. The molecule has 0 saturated heterocycles. The van der Waals surface area contributed by atoms with Gasteiger partial charge in [0.25, 0.3) is 0 Å². The molecule has 7 heteroatoms. The van der Waals surface area contributed by atoms with E-state index in [1.807, 2.05) is 0 Å². The minimum atomic E-state index is -0.889. The number of nitrogens with zero attached hydrogens (tertiary/aromatic N) is 1. The highest BCUT2D eigenvalue weighted by atomic mass is 19.1. The van der Waals surface area contributed by atoms with Crippen molar-refractivity contribution in [3.8, 4) is 11.5 Å². The Hall–Kier alpha value is -2.57. The number of rotatable bonds is 5. The van der Waals surface area contributed by atoms with E-state index < -0.39 is 11.6 Å². The Morgan fingerprint density at radius 3 is 2.57 bits per heavy atom. The van der Waals surface area contributed by atoms with Crippen molar-refractivity contribution in [2.75, 3.05) is 25.3 Å². The molecule has 0 radical (unpaired) electrons. The Bertz CT molecular complexity index is 650. The highest BCUT2D eigenvalue weighted by Gasteiger charge is 2.11. The standard InChI is InChI=1S/C14H15F2N3O2/c1-20-9-4-3-8(12(5-9)21-2)7-18-14-11(16)6-10(15)13(17)19-14/h3-6H,7H2,1-2H3,(H3,17,18,19). The third-order valence-corrected chi connectivity index (χ3v) is 2.90. The van der Waals surface area contributed by atoms with E-state index in [4.69, 9.17) is 15.2 Å². The first-order valence-electron chi connectivity index (χ1n) is 6.11. The lowest BCUT2D eigenvalue weighted by Crippen LogP contribution is -2.07. The smallest absolute Gasteiger partial charge is 0.168 e. The van der Waals surface area contributed by atoms with E-state index in [-0.39, 0.29) is 18.2 Å². The second-order valence-corrected chi connectivity index (χ2v) is 4.22. The van der Waals surface area contributed by atoms with Gasteiger partial charge in [0.1, 0.15) is 11.5 Å². The van der Waals surface area contributed by atoms with E-state index in [0.29, 0.717) is 17.6 Å². The van der Waals surface area contributed by atoms with Crippen LogP contribution >= 0.6 is 0 Å².